The monoisotopic (exact) mass is 2060 g/mol. The fraction of sp³-hybridized carbons (Fsp3) is 0. The molecule has 18 aromatic carbocycles. The zero-order chi connectivity index (χ0) is 83.8. The summed E-state index contributed by atoms with van der Waals surface area (Å²) in [5.74, 6) is -5.67. The van der Waals surface area contributed by atoms with Crippen LogP contribution in [0.1, 0.15) is 0 Å². The third-order valence-corrected chi connectivity index (χ3v) is 23.8. The highest BCUT2D eigenvalue weighted by Crippen LogP contribution is 2.46. The van der Waals surface area contributed by atoms with Crippen LogP contribution < -0.4 is 10.2 Å². The number of hydrogen-bond donors (Lipinski definition) is 1. The highest BCUT2D eigenvalue weighted by molar-refractivity contribution is 15.0. The molecule has 0 unspecified atom stereocenters. The van der Waals surface area contributed by atoms with Gasteiger partial charge in [-0.2, -0.15) is 17.5 Å². The minimum absolute atomic E-state index is 0. The molecule has 0 amide bonds. The Morgan fingerprint density at radius 2 is 0.637 bits per heavy atom. The summed E-state index contributed by atoms with van der Waals surface area (Å²) in [6, 6.07) is 122. The van der Waals surface area contributed by atoms with E-state index >= 15 is 0 Å². The maximum atomic E-state index is 14.8. The molecule has 124 heavy (non-hydrogen) atoms. The Kier molecular flexibility index (Phi) is 24.1. The van der Waals surface area contributed by atoms with Crippen LogP contribution in [0.3, 0.4) is 0 Å². The molecule has 0 aliphatic heterocycles. The van der Waals surface area contributed by atoms with Crippen molar-refractivity contribution in [1.29, 1.82) is 0 Å². The topological polar surface area (TPSA) is 76.7 Å². The van der Waals surface area contributed by atoms with Gasteiger partial charge in [0.25, 0.3) is 0 Å². The van der Waals surface area contributed by atoms with Crippen molar-refractivity contribution in [2.75, 3.05) is 10.2 Å². The van der Waals surface area contributed by atoms with E-state index in [2.05, 4.69) is 300 Å². The van der Waals surface area contributed by atoms with Crippen molar-refractivity contribution in [3.63, 3.8) is 0 Å². The normalized spacial score (nSPS) is 11.2. The van der Waals surface area contributed by atoms with E-state index in [1.54, 1.807) is 48.5 Å². The van der Waals surface area contributed by atoms with Gasteiger partial charge >= 0.3 is 0 Å². The number of benzene rings is 18. The standard InChI is InChI=1S/C52H31F3N4S.C28H16BrN3S.C24H16F3N.I2.HI/c53-37-30-44(54)49(45(55)31-37)36-18-25-39(26-19-36)58(38-21-14-33(15-22-38)32-8-2-1-3-9-32)48-29-27-42(51-52(48)57-60-56-51)35-16-23-40(24-17-35)59-46-13-7-6-12-43(46)50-41-11-5-4-10-34(41)20-28-47(50)59;29-23-15-14-21(27-28(23)31-33-30-27)18-9-12-19(13-10-18)32-24-8-4-3-7-22(24)26-20-6-2-1-5-17(20)11-16-25(26)32;25-19-14-22(26)24(23(27)15-19)18-8-12-21(13-9-18)28-20-10-6-17(7-11-20)16-4-2-1-3-5-16;1-2;/h1-31H;1-16H;1-15,28H;;1H. The van der Waals surface area contributed by atoms with Crippen molar-refractivity contribution in [3.05, 3.63) is 415 Å². The average molecular weight is 2060 g/mol. The van der Waals surface area contributed by atoms with Crippen molar-refractivity contribution in [2.45, 2.75) is 0 Å². The van der Waals surface area contributed by atoms with E-state index in [-0.39, 0.29) is 35.1 Å². The molecule has 4 heterocycles. The predicted octanol–water partition coefficient (Wildman–Crippen LogP) is 32.8. The molecule has 0 fully saturated rings. The molecule has 4 aromatic heterocycles. The summed E-state index contributed by atoms with van der Waals surface area (Å²) in [7, 11) is 0. The lowest BCUT2D eigenvalue weighted by Crippen LogP contribution is -2.10. The molecule has 0 saturated carbocycles. The van der Waals surface area contributed by atoms with Crippen LogP contribution in [0, 0.1) is 34.9 Å². The molecular weight excluding hydrogens is 2000 g/mol. The first-order chi connectivity index (χ1) is 60.4. The molecule has 602 valence electrons. The molecule has 0 aliphatic rings. The summed E-state index contributed by atoms with van der Waals surface area (Å²) < 4.78 is 109. The van der Waals surface area contributed by atoms with Crippen LogP contribution in [0.4, 0.5) is 54.8 Å². The van der Waals surface area contributed by atoms with Crippen LogP contribution in [0.5, 0.6) is 0 Å². The van der Waals surface area contributed by atoms with E-state index in [0.717, 1.165) is 128 Å². The van der Waals surface area contributed by atoms with Gasteiger partial charge < -0.3 is 19.4 Å². The van der Waals surface area contributed by atoms with Crippen LogP contribution in [-0.4, -0.2) is 26.6 Å². The Balaban J connectivity index is 0.000000138. The zero-order valence-corrected chi connectivity index (χ0v) is 74.9. The first-order valence-corrected chi connectivity index (χ1v) is 47.7. The van der Waals surface area contributed by atoms with Crippen molar-refractivity contribution in [1.82, 2.24) is 26.6 Å². The van der Waals surface area contributed by atoms with E-state index in [1.165, 1.54) is 65.9 Å². The minimum Gasteiger partial charge on any atom is -0.356 e. The van der Waals surface area contributed by atoms with E-state index in [1.807, 2.05) is 84.9 Å². The molecule has 8 nitrogen and oxygen atoms in total. The van der Waals surface area contributed by atoms with E-state index < -0.39 is 34.9 Å². The summed E-state index contributed by atoms with van der Waals surface area (Å²) >= 11 is 10.2. The van der Waals surface area contributed by atoms with Crippen LogP contribution >= 0.6 is 101 Å². The largest absolute Gasteiger partial charge is 0.356 e. The lowest BCUT2D eigenvalue weighted by molar-refractivity contribution is 0.547. The van der Waals surface area contributed by atoms with E-state index in [0.29, 0.717) is 40.9 Å². The van der Waals surface area contributed by atoms with Crippen LogP contribution in [0.2, 0.25) is 0 Å². The lowest BCUT2D eigenvalue weighted by atomic mass is 10.0. The highest BCUT2D eigenvalue weighted by atomic mass is 128. The smallest absolute Gasteiger partial charge is 0.136 e. The van der Waals surface area contributed by atoms with Gasteiger partial charge in [0, 0.05) is 133 Å². The maximum Gasteiger partial charge on any atom is 0.136 e. The quantitative estimate of drug-likeness (QED) is 0.0916. The Morgan fingerprint density at radius 1 is 0.298 bits per heavy atom. The molecule has 0 radical (unpaired) electrons. The number of aromatic nitrogens is 6. The predicted molar refractivity (Wildman–Crippen MR) is 533 cm³/mol. The van der Waals surface area contributed by atoms with E-state index in [4.69, 9.17) is 8.75 Å². The summed E-state index contributed by atoms with van der Waals surface area (Å²) in [5, 5.41) is 13.3. The molecule has 0 spiro atoms. The van der Waals surface area contributed by atoms with Crippen molar-refractivity contribution >= 4 is 216 Å². The number of nitrogens with one attached hydrogen (secondary N) is 1. The Labute approximate surface area is 765 Å². The van der Waals surface area contributed by atoms with Crippen LogP contribution in [0.15, 0.2) is 381 Å². The van der Waals surface area contributed by atoms with Gasteiger partial charge in [0.2, 0.25) is 0 Å². The highest BCUT2D eigenvalue weighted by Gasteiger charge is 2.25. The molecule has 22 aromatic rings. The number of halogens is 10. The number of nitrogens with zero attached hydrogens (tertiary/aromatic N) is 7. The third kappa shape index (κ3) is 16.1. The minimum atomic E-state index is -0.965. The fourth-order valence-corrected chi connectivity index (χ4v) is 18.2. The third-order valence-electron chi connectivity index (χ3n) is 22.1. The Hall–Kier alpha value is -12.4. The molecular formula is C104H64BrF6I3N8S2. The Morgan fingerprint density at radius 3 is 1.08 bits per heavy atom. The second kappa shape index (κ2) is 36.2. The maximum absolute atomic E-state index is 14.8. The van der Waals surface area contributed by atoms with E-state index in [9.17, 15) is 26.3 Å². The molecule has 22 rings (SSSR count). The molecule has 0 saturated heterocycles. The molecule has 0 atom stereocenters. The summed E-state index contributed by atoms with van der Waals surface area (Å²) in [4.78, 5) is 2.07. The number of fused-ring (bicyclic) bond motifs is 12. The zero-order valence-electron chi connectivity index (χ0n) is 65.1. The lowest BCUT2D eigenvalue weighted by Gasteiger charge is -2.26. The summed E-state index contributed by atoms with van der Waals surface area (Å²) in [6.45, 7) is 0. The SMILES string of the molecule is Brc1ccc(-c2ccc(-n3c4ccccc4c4c5ccccc5ccc43)cc2)c2nsnc12.Fc1cc(F)c(-c2ccc(N(c3ccc(-c4ccccc4)cc3)c3ccc(-c4ccc(-n5c6ccccc6c6c7ccccc7ccc65)cc4)c4nsnc34)cc2)c(F)c1.Fc1cc(F)c(-c2ccc(Nc3ccc(-c4ccccc4)cc3)cc2)c(F)c1.I.II. The van der Waals surface area contributed by atoms with Crippen molar-refractivity contribution in [3.8, 4) is 78.1 Å². The van der Waals surface area contributed by atoms with Crippen molar-refractivity contribution < 1.29 is 26.3 Å². The van der Waals surface area contributed by atoms with Crippen molar-refractivity contribution in [2.24, 2.45) is 0 Å². The molecule has 20 heteroatoms. The van der Waals surface area contributed by atoms with Gasteiger partial charge in [0.15, 0.2) is 0 Å². The second-order valence-corrected chi connectivity index (χ2v) is 31.2. The van der Waals surface area contributed by atoms with Crippen LogP contribution in [0.25, 0.3) is 165 Å². The number of anilines is 5. The number of hydrogen-bond acceptors (Lipinski definition) is 8. The average Bonchev–Trinajstić information content (AvgIpc) is 1.58. The Bertz CT molecular complexity index is 7650. The van der Waals surface area contributed by atoms with Gasteiger partial charge in [-0.25, -0.2) is 26.3 Å². The van der Waals surface area contributed by atoms with Gasteiger partial charge in [0.05, 0.1) is 62.3 Å². The van der Waals surface area contributed by atoms with Gasteiger partial charge in [0.1, 0.15) is 57.0 Å². The first-order valence-electron chi connectivity index (χ1n) is 39.1. The van der Waals surface area contributed by atoms with Gasteiger partial charge in [-0.15, -0.1) is 24.0 Å². The fourth-order valence-electron chi connectivity index (χ4n) is 16.5. The number of rotatable bonds is 13. The summed E-state index contributed by atoms with van der Waals surface area (Å²) in [6.07, 6.45) is 0. The molecule has 1 N–H and O–H groups in total. The molecule has 0 bridgehead atoms. The summed E-state index contributed by atoms with van der Waals surface area (Å²) in [5.41, 5.74) is 23.0. The number of para-hydroxylation sites is 2. The van der Waals surface area contributed by atoms with Gasteiger partial charge in [-0.1, -0.05) is 237 Å². The molecule has 0 aliphatic carbocycles. The van der Waals surface area contributed by atoms with Gasteiger partial charge in [-0.05, 0) is 197 Å². The van der Waals surface area contributed by atoms with Gasteiger partial charge in [-0.3, -0.25) is 0 Å². The first kappa shape index (κ1) is 82.5. The second-order valence-electron chi connectivity index (χ2n) is 29.2. The van der Waals surface area contributed by atoms with Crippen LogP contribution in [-0.2, 0) is 0 Å².